The molecule has 4 aliphatic heterocycles. The maximum Gasteiger partial charge on any atom is 0.318 e. The van der Waals surface area contributed by atoms with Gasteiger partial charge in [-0.05, 0) is 61.7 Å². The van der Waals surface area contributed by atoms with Crippen LogP contribution in [0.2, 0.25) is 0 Å². The lowest BCUT2D eigenvalue weighted by Crippen LogP contribution is -2.43. The largest absolute Gasteiger partial charge is 0.508 e. The van der Waals surface area contributed by atoms with E-state index >= 15 is 4.39 Å². The molecule has 2 fully saturated rings. The highest BCUT2D eigenvalue weighted by atomic mass is 19.1. The van der Waals surface area contributed by atoms with E-state index < -0.39 is 6.17 Å². The molecular weight excluding hydrogens is 670 g/mol. The number of amides is 1. The van der Waals surface area contributed by atoms with Crippen LogP contribution >= 0.6 is 0 Å². The molecule has 0 bridgehead atoms. The molecule has 12 nitrogen and oxygen atoms in total. The van der Waals surface area contributed by atoms with Crippen molar-refractivity contribution in [3.05, 3.63) is 63.9 Å². The first-order valence-electron chi connectivity index (χ1n) is 18.4. The highest BCUT2D eigenvalue weighted by Gasteiger charge is 2.49. The number of rotatable bonds is 9. The number of hydrogen-bond acceptors (Lipinski definition) is 10. The number of phenols is 1. The van der Waals surface area contributed by atoms with Crippen molar-refractivity contribution in [2.45, 2.75) is 83.4 Å². The molecule has 14 heteroatoms. The highest BCUT2D eigenvalue weighted by Crippen LogP contribution is 2.42. The number of fused-ring (bicyclic) bond motifs is 4. The van der Waals surface area contributed by atoms with E-state index in [0.29, 0.717) is 76.4 Å². The number of anilines is 2. The molecule has 276 valence electrons. The van der Waals surface area contributed by atoms with Gasteiger partial charge in [0.1, 0.15) is 30.2 Å². The molecule has 4 aromatic rings. The Morgan fingerprint density at radius 1 is 1.10 bits per heavy atom. The van der Waals surface area contributed by atoms with Crippen LogP contribution in [0.5, 0.6) is 11.8 Å². The van der Waals surface area contributed by atoms with Gasteiger partial charge in [0.05, 0.1) is 36.6 Å². The average Bonchev–Trinajstić information content (AvgIpc) is 3.73. The third kappa shape index (κ3) is 5.99. The van der Waals surface area contributed by atoms with Crippen molar-refractivity contribution in [1.29, 1.82) is 0 Å². The summed E-state index contributed by atoms with van der Waals surface area (Å²) in [6.45, 7) is 6.52. The van der Waals surface area contributed by atoms with Crippen molar-refractivity contribution in [2.24, 2.45) is 0 Å². The third-order valence-electron chi connectivity index (χ3n) is 11.4. The Morgan fingerprint density at radius 2 is 1.96 bits per heavy atom. The first kappa shape index (κ1) is 34.5. The molecule has 0 spiro atoms. The number of phenolic OH excluding ortho intramolecular Hbond substituents is 1. The van der Waals surface area contributed by atoms with Crippen LogP contribution in [0.4, 0.5) is 20.3 Å². The van der Waals surface area contributed by atoms with Gasteiger partial charge in [-0.25, -0.2) is 8.78 Å². The number of nitrogens with zero attached hydrogens (tertiary/aromatic N) is 7. The van der Waals surface area contributed by atoms with Gasteiger partial charge in [0.2, 0.25) is 0 Å². The molecule has 1 amide bonds. The van der Waals surface area contributed by atoms with E-state index in [2.05, 4.69) is 20.0 Å². The second kappa shape index (κ2) is 13.8. The van der Waals surface area contributed by atoms with Gasteiger partial charge in [0, 0.05) is 75.0 Å². The molecule has 2 saturated heterocycles. The molecule has 8 rings (SSSR count). The van der Waals surface area contributed by atoms with Crippen LogP contribution in [0.25, 0.3) is 10.8 Å². The van der Waals surface area contributed by atoms with Crippen molar-refractivity contribution in [3.63, 3.8) is 0 Å². The normalized spacial score (nSPS) is 21.6. The number of aromatic hydroxyl groups is 1. The highest BCUT2D eigenvalue weighted by molar-refractivity contribution is 5.98. The summed E-state index contributed by atoms with van der Waals surface area (Å²) in [4.78, 5) is 29.5. The molecule has 2 aromatic carbocycles. The van der Waals surface area contributed by atoms with Gasteiger partial charge in [-0.15, -0.1) is 0 Å². The van der Waals surface area contributed by atoms with Gasteiger partial charge in [-0.1, -0.05) is 13.0 Å². The molecule has 0 saturated carbocycles. The summed E-state index contributed by atoms with van der Waals surface area (Å²) in [6.07, 6.45) is 3.30. The minimum Gasteiger partial charge on any atom is -0.508 e. The zero-order valence-corrected chi connectivity index (χ0v) is 30.1. The number of carbonyl (C=O) groups excluding carboxylic acids is 1. The topological polar surface area (TPSA) is 121 Å². The number of methoxy groups -OCH3 is 1. The van der Waals surface area contributed by atoms with E-state index in [4.69, 9.17) is 24.5 Å². The molecule has 4 aliphatic rings. The zero-order chi connectivity index (χ0) is 36.1. The van der Waals surface area contributed by atoms with Crippen LogP contribution in [0.1, 0.15) is 71.2 Å². The molecule has 0 radical (unpaired) electrons. The monoisotopic (exact) mass is 716 g/mol. The lowest BCUT2D eigenvalue weighted by atomic mass is 9.95. The van der Waals surface area contributed by atoms with Crippen LogP contribution in [0, 0.1) is 5.82 Å². The summed E-state index contributed by atoms with van der Waals surface area (Å²) in [7, 11) is 3.20. The SMILES string of the molecule is CCc1c(F)ccc2cc(O)cc(N3CCc4c(nc(OC[C@@]56CCCN5C[C@H](F)C6)nc4N4CCCn5nc(C(=O)NC)c(COC)c5C4)C3)c12. The zero-order valence-electron chi connectivity index (χ0n) is 30.1. The molecule has 2 aromatic heterocycles. The quantitative estimate of drug-likeness (QED) is 0.253. The Hall–Kier alpha value is -4.56. The van der Waals surface area contributed by atoms with Crippen LogP contribution in [0.3, 0.4) is 0 Å². The van der Waals surface area contributed by atoms with Gasteiger partial charge < -0.3 is 29.7 Å². The van der Waals surface area contributed by atoms with Crippen molar-refractivity contribution in [1.82, 2.24) is 30.0 Å². The summed E-state index contributed by atoms with van der Waals surface area (Å²) < 4.78 is 43.7. The molecule has 0 aliphatic carbocycles. The van der Waals surface area contributed by atoms with Crippen molar-refractivity contribution < 1.29 is 28.2 Å². The number of alkyl halides is 1. The fourth-order valence-corrected chi connectivity index (χ4v) is 8.98. The van der Waals surface area contributed by atoms with Crippen molar-refractivity contribution >= 4 is 28.2 Å². The van der Waals surface area contributed by atoms with E-state index in [1.54, 1.807) is 32.4 Å². The molecular formula is C38H46F2N8O4. The second-order valence-electron chi connectivity index (χ2n) is 14.5. The maximum atomic E-state index is 15.1. The van der Waals surface area contributed by atoms with E-state index in [1.807, 2.05) is 11.6 Å². The summed E-state index contributed by atoms with van der Waals surface area (Å²) in [5.41, 5.74) is 4.77. The molecule has 6 heterocycles. The number of benzene rings is 2. The fraction of sp³-hybridized carbons (Fsp3) is 0.526. The van der Waals surface area contributed by atoms with Gasteiger partial charge >= 0.3 is 6.01 Å². The Bertz CT molecular complexity index is 2020. The van der Waals surface area contributed by atoms with Crippen LogP contribution in [-0.4, -0.2) is 94.3 Å². The molecule has 52 heavy (non-hydrogen) atoms. The van der Waals surface area contributed by atoms with Crippen LogP contribution in [0.15, 0.2) is 24.3 Å². The maximum absolute atomic E-state index is 15.1. The lowest BCUT2D eigenvalue weighted by molar-refractivity contribution is 0.0952. The number of aryl methyl sites for hydroxylation is 2. The Balaban J connectivity index is 1.19. The Morgan fingerprint density at radius 3 is 2.77 bits per heavy atom. The lowest BCUT2D eigenvalue weighted by Gasteiger charge is -2.35. The van der Waals surface area contributed by atoms with Crippen LogP contribution < -0.4 is 19.9 Å². The van der Waals surface area contributed by atoms with Gasteiger partial charge in [-0.2, -0.15) is 15.1 Å². The Labute approximate surface area is 301 Å². The Kier molecular flexibility index (Phi) is 9.14. The molecule has 2 N–H and O–H groups in total. The number of ether oxygens (including phenoxy) is 2. The summed E-state index contributed by atoms with van der Waals surface area (Å²) >= 11 is 0. The fourth-order valence-electron chi connectivity index (χ4n) is 8.98. The van der Waals surface area contributed by atoms with E-state index in [9.17, 15) is 14.3 Å². The van der Waals surface area contributed by atoms with Crippen molar-refractivity contribution in [2.75, 3.05) is 56.7 Å². The van der Waals surface area contributed by atoms with Gasteiger partial charge in [-0.3, -0.25) is 14.4 Å². The van der Waals surface area contributed by atoms with Gasteiger partial charge in [0.25, 0.3) is 5.91 Å². The number of carbonyl (C=O) groups is 1. The predicted molar refractivity (Wildman–Crippen MR) is 192 cm³/mol. The first-order valence-corrected chi connectivity index (χ1v) is 18.4. The number of halogens is 2. The average molecular weight is 717 g/mol. The number of hydrogen-bond donors (Lipinski definition) is 2. The van der Waals surface area contributed by atoms with E-state index in [0.717, 1.165) is 70.6 Å². The van der Waals surface area contributed by atoms with E-state index in [1.165, 1.54) is 6.07 Å². The molecule has 2 atom stereocenters. The summed E-state index contributed by atoms with van der Waals surface area (Å²) in [6, 6.07) is 6.80. The van der Waals surface area contributed by atoms with E-state index in [-0.39, 0.29) is 35.6 Å². The first-order chi connectivity index (χ1) is 25.2. The molecule has 0 unspecified atom stereocenters. The summed E-state index contributed by atoms with van der Waals surface area (Å²) in [5, 5.41) is 19.7. The minimum absolute atomic E-state index is 0.113. The number of nitrogens with one attached hydrogen (secondary N) is 1. The number of aromatic nitrogens is 4. The predicted octanol–water partition coefficient (Wildman–Crippen LogP) is 4.67. The standard InChI is InChI=1S/C38H46F2N8O4/c1-4-26-29(40)8-7-23-15-25(49)16-31(33(23)26)45-14-9-27-30(19-45)42-37(52-22-38-10-5-12-47(38)18-24(39)17-38)43-35(27)46-11-6-13-48-32(20-46)28(21-51-3)34(44-48)36(50)41-2/h7-8,15-16,24,49H,4-6,9-14,17-22H2,1-3H3,(H,41,50)/t24-,38+/m1/s1. The van der Waals surface area contributed by atoms with Gasteiger partial charge in [0.15, 0.2) is 5.69 Å². The summed E-state index contributed by atoms with van der Waals surface area (Å²) in [5.74, 6) is 0.343. The second-order valence-corrected chi connectivity index (χ2v) is 14.5. The minimum atomic E-state index is -0.879. The van der Waals surface area contributed by atoms with Crippen LogP contribution in [-0.2, 0) is 43.8 Å². The smallest absolute Gasteiger partial charge is 0.318 e. The third-order valence-corrected chi connectivity index (χ3v) is 11.4. The van der Waals surface area contributed by atoms with Crippen molar-refractivity contribution in [3.8, 4) is 11.8 Å².